The van der Waals surface area contributed by atoms with E-state index in [0.29, 0.717) is 10.6 Å². The molecule has 0 spiro atoms. The molecule has 0 aliphatic carbocycles. The second-order valence-electron chi connectivity index (χ2n) is 7.39. The molecule has 0 saturated carbocycles. The second kappa shape index (κ2) is 11.2. The summed E-state index contributed by atoms with van der Waals surface area (Å²) in [5.41, 5.74) is 1.61. The van der Waals surface area contributed by atoms with Gasteiger partial charge in [0.05, 0.1) is 0 Å². The number of aliphatic imine (C=N–C) groups is 1. The number of thiazole rings is 1. The summed E-state index contributed by atoms with van der Waals surface area (Å²) in [5, 5.41) is 11.5. The van der Waals surface area contributed by atoms with Crippen molar-refractivity contribution in [2.45, 2.75) is 48.4 Å². The van der Waals surface area contributed by atoms with Crippen LogP contribution in [0, 0.1) is 10.1 Å². The fourth-order valence-electron chi connectivity index (χ4n) is 3.18. The maximum absolute atomic E-state index is 11.0. The van der Waals surface area contributed by atoms with Gasteiger partial charge in [0.15, 0.2) is 0 Å². The van der Waals surface area contributed by atoms with Crippen LogP contribution < -0.4 is 3.07 Å². The van der Waals surface area contributed by atoms with Crippen LogP contribution in [0.2, 0.25) is 8.87 Å². The normalized spacial score (nSPS) is 12.0. The van der Waals surface area contributed by atoms with Crippen LogP contribution in [0.5, 0.6) is 5.75 Å². The van der Waals surface area contributed by atoms with Gasteiger partial charge >= 0.3 is 195 Å². The summed E-state index contributed by atoms with van der Waals surface area (Å²) in [4.78, 5) is 19.6. The summed E-state index contributed by atoms with van der Waals surface area (Å²) >= 11 is -1.90. The Kier molecular flexibility index (Phi) is 8.68. The molecule has 0 aliphatic rings. The van der Waals surface area contributed by atoms with Gasteiger partial charge in [-0.25, -0.2) is 0 Å². The number of nitro groups is 1. The summed E-state index contributed by atoms with van der Waals surface area (Å²) < 4.78 is 9.25. The van der Waals surface area contributed by atoms with Gasteiger partial charge in [0.2, 0.25) is 0 Å². The average Bonchev–Trinajstić information content (AvgIpc) is 3.18. The zero-order valence-corrected chi connectivity index (χ0v) is 22.1. The van der Waals surface area contributed by atoms with Crippen molar-refractivity contribution >= 4 is 65.2 Å². The van der Waals surface area contributed by atoms with Crippen molar-refractivity contribution in [3.05, 3.63) is 58.1 Å². The maximum atomic E-state index is 11.0. The Labute approximate surface area is 194 Å². The summed E-state index contributed by atoms with van der Waals surface area (Å²) in [6.45, 7) is 4.35. The summed E-state index contributed by atoms with van der Waals surface area (Å²) in [6.07, 6.45) is 6.15. The molecule has 0 N–H and O–H groups in total. The third kappa shape index (κ3) is 6.63. The molecule has 164 valence electrons. The van der Waals surface area contributed by atoms with Crippen molar-refractivity contribution in [1.29, 1.82) is 0 Å². The zero-order chi connectivity index (χ0) is 22.3. The average molecular weight is 567 g/mol. The number of nitrogens with zero attached hydrogens (tertiary/aromatic N) is 3. The van der Waals surface area contributed by atoms with Crippen LogP contribution in [0.25, 0.3) is 10.2 Å². The van der Waals surface area contributed by atoms with Gasteiger partial charge in [0.25, 0.3) is 0 Å². The van der Waals surface area contributed by atoms with E-state index in [2.05, 4.69) is 23.8 Å². The van der Waals surface area contributed by atoms with Crippen LogP contribution in [0.1, 0.15) is 45.1 Å². The van der Waals surface area contributed by atoms with Crippen LogP contribution in [-0.2, 0) is 0 Å². The van der Waals surface area contributed by atoms with E-state index in [9.17, 15) is 10.1 Å². The molecular formula is C22H26ClN3O3SSn. The van der Waals surface area contributed by atoms with Crippen molar-refractivity contribution in [2.75, 3.05) is 0 Å². The number of fused-ring (bicyclic) bond motifs is 1. The molecule has 3 rings (SSSR count). The number of aromatic nitrogens is 1. The molecular weight excluding hydrogens is 540 g/mol. The van der Waals surface area contributed by atoms with E-state index in [4.69, 9.17) is 12.0 Å². The van der Waals surface area contributed by atoms with Gasteiger partial charge < -0.3 is 0 Å². The SMILES string of the molecule is CCC[CH2][Sn]([Cl])([CH2]CCC)[O]c1ccccc1C=Nc1nc2ccc([N+](=O)[O-])cc2s1. The first-order valence-corrected chi connectivity index (χ1v) is 20.1. The topological polar surface area (TPSA) is 77.6 Å². The predicted molar refractivity (Wildman–Crippen MR) is 132 cm³/mol. The van der Waals surface area contributed by atoms with E-state index in [0.717, 1.165) is 50.6 Å². The number of halogens is 1. The van der Waals surface area contributed by atoms with E-state index < -0.39 is 22.6 Å². The molecule has 0 amide bonds. The first-order valence-electron chi connectivity index (χ1n) is 10.5. The molecule has 0 atom stereocenters. The van der Waals surface area contributed by atoms with Crippen molar-refractivity contribution in [2.24, 2.45) is 4.99 Å². The Balaban J connectivity index is 1.83. The molecule has 0 saturated heterocycles. The molecule has 3 aromatic rings. The molecule has 0 unspecified atom stereocenters. The number of para-hydroxylation sites is 1. The van der Waals surface area contributed by atoms with Crippen molar-refractivity contribution in [1.82, 2.24) is 4.98 Å². The van der Waals surface area contributed by atoms with Crippen LogP contribution in [0.3, 0.4) is 0 Å². The molecule has 2 aromatic carbocycles. The van der Waals surface area contributed by atoms with E-state index in [1.54, 1.807) is 12.3 Å². The molecule has 31 heavy (non-hydrogen) atoms. The van der Waals surface area contributed by atoms with E-state index >= 15 is 0 Å². The number of rotatable bonds is 11. The van der Waals surface area contributed by atoms with Crippen LogP contribution >= 0.6 is 20.3 Å². The summed E-state index contributed by atoms with van der Waals surface area (Å²) in [6, 6.07) is 12.4. The Hall–Kier alpha value is -1.71. The zero-order valence-electron chi connectivity index (χ0n) is 17.7. The second-order valence-corrected chi connectivity index (χ2v) is 21.5. The van der Waals surface area contributed by atoms with Gasteiger partial charge in [-0.3, -0.25) is 0 Å². The van der Waals surface area contributed by atoms with Crippen molar-refractivity contribution < 1.29 is 8.00 Å². The number of unbranched alkanes of at least 4 members (excludes halogenated alkanes) is 2. The first-order chi connectivity index (χ1) is 14.9. The number of hydrogen-bond acceptors (Lipinski definition) is 6. The molecule has 0 aliphatic heterocycles. The van der Waals surface area contributed by atoms with Gasteiger partial charge in [-0.05, 0) is 0 Å². The first kappa shape index (κ1) is 23.9. The molecule has 0 fully saturated rings. The Morgan fingerprint density at radius 1 is 1.19 bits per heavy atom. The molecule has 0 bridgehead atoms. The number of benzene rings is 2. The minimum absolute atomic E-state index is 0.0514. The molecule has 9 heteroatoms. The standard InChI is InChI=1S/C14H9N3O3S.2C4H9.ClH.Sn/c18-12-4-2-1-3-9(12)8-15-14-16-11-6-5-10(17(19)20)7-13(11)21-14;2*1-3-4-2;;/h1-8,18H;2*1,3-4H2,2H3;1H;/q;;;;+2/p-2. The molecule has 1 heterocycles. The van der Waals surface area contributed by atoms with Gasteiger partial charge in [-0.1, -0.05) is 0 Å². The quantitative estimate of drug-likeness (QED) is 0.104. The number of non-ortho nitro benzene ring substituents is 1. The van der Waals surface area contributed by atoms with E-state index in [1.165, 1.54) is 23.5 Å². The van der Waals surface area contributed by atoms with Gasteiger partial charge in [-0.2, -0.15) is 0 Å². The van der Waals surface area contributed by atoms with Crippen molar-refractivity contribution in [3.63, 3.8) is 0 Å². The molecule has 1 aromatic heterocycles. The monoisotopic (exact) mass is 567 g/mol. The van der Waals surface area contributed by atoms with E-state index in [1.807, 2.05) is 24.3 Å². The predicted octanol–water partition coefficient (Wildman–Crippen LogP) is 7.62. The van der Waals surface area contributed by atoms with Crippen LogP contribution in [-0.4, -0.2) is 33.8 Å². The number of nitro benzene ring substituents is 1. The summed E-state index contributed by atoms with van der Waals surface area (Å²) in [7, 11) is 7.09. The third-order valence-corrected chi connectivity index (χ3v) is 16.8. The van der Waals surface area contributed by atoms with E-state index in [-0.39, 0.29) is 5.69 Å². The Morgan fingerprint density at radius 3 is 2.58 bits per heavy atom. The van der Waals surface area contributed by atoms with Crippen LogP contribution in [0.4, 0.5) is 10.8 Å². The Bertz CT molecular complexity index is 1070. The minimum atomic E-state index is -3.23. The van der Waals surface area contributed by atoms with Crippen molar-refractivity contribution in [3.8, 4) is 5.75 Å². The number of hydrogen-bond donors (Lipinski definition) is 0. The molecule has 0 radical (unpaired) electrons. The fraction of sp³-hybridized carbons (Fsp3) is 0.364. The van der Waals surface area contributed by atoms with Gasteiger partial charge in [-0.15, -0.1) is 0 Å². The van der Waals surface area contributed by atoms with Gasteiger partial charge in [0.1, 0.15) is 0 Å². The summed E-state index contributed by atoms with van der Waals surface area (Å²) in [5.74, 6) is 0.779. The van der Waals surface area contributed by atoms with Crippen LogP contribution in [0.15, 0.2) is 47.5 Å². The fourth-order valence-corrected chi connectivity index (χ4v) is 14.4. The third-order valence-electron chi connectivity index (χ3n) is 4.90. The Morgan fingerprint density at radius 2 is 1.90 bits per heavy atom. The molecule has 6 nitrogen and oxygen atoms in total. The van der Waals surface area contributed by atoms with Gasteiger partial charge in [0, 0.05) is 0 Å².